The smallest absolute Gasteiger partial charge is 0.131 e. The topological polar surface area (TPSA) is 85.5 Å². The van der Waals surface area contributed by atoms with Gasteiger partial charge in [0.1, 0.15) is 18.0 Å². The molecule has 0 saturated heterocycles. The molecule has 8 nitrogen and oxygen atoms in total. The largest absolute Gasteiger partial charge is 0.362 e. The Balaban J connectivity index is 1.67. The van der Waals surface area contributed by atoms with Gasteiger partial charge in [-0.15, -0.1) is 0 Å². The van der Waals surface area contributed by atoms with Gasteiger partial charge in [0.05, 0.1) is 23.5 Å². The van der Waals surface area contributed by atoms with E-state index in [0.717, 1.165) is 23.0 Å². The highest BCUT2D eigenvalue weighted by Crippen LogP contribution is 2.20. The van der Waals surface area contributed by atoms with E-state index in [1.807, 2.05) is 58.5 Å². The lowest BCUT2D eigenvalue weighted by molar-refractivity contribution is 0.714. The van der Waals surface area contributed by atoms with Gasteiger partial charge < -0.3 is 10.6 Å². The molecule has 0 amide bonds. The van der Waals surface area contributed by atoms with Crippen LogP contribution >= 0.6 is 0 Å². The van der Waals surface area contributed by atoms with E-state index in [1.54, 1.807) is 15.7 Å². The van der Waals surface area contributed by atoms with E-state index in [9.17, 15) is 0 Å². The number of nitrogens with zero attached hydrogens (tertiary/aromatic N) is 6. The summed E-state index contributed by atoms with van der Waals surface area (Å²) in [5.41, 5.74) is 1.93. The lowest BCUT2D eigenvalue weighted by atomic mass is 10.2. The fraction of sp³-hybridized carbons (Fsp3) is 0.375. The molecule has 0 saturated carbocycles. The predicted octanol–water partition coefficient (Wildman–Crippen LogP) is 2.29. The molecule has 2 atom stereocenters. The highest BCUT2D eigenvalue weighted by Gasteiger charge is 2.12. The summed E-state index contributed by atoms with van der Waals surface area (Å²) in [6.07, 6.45) is 5.39. The van der Waals surface area contributed by atoms with E-state index in [0.29, 0.717) is 0 Å². The third kappa shape index (κ3) is 3.70. The summed E-state index contributed by atoms with van der Waals surface area (Å²) in [7, 11) is 3.81. The predicted molar refractivity (Wildman–Crippen MR) is 92.5 cm³/mol. The standard InChI is InChI=1S/C16H22N8/c1-11(13-5-7-23(3)21-13)19-15-9-16(18-10-17-15)20-12(2)14-6-8-24(4)22-14/h5-12H,1-4H3,(H2,17,18,19,20). The summed E-state index contributed by atoms with van der Waals surface area (Å²) in [6.45, 7) is 4.10. The van der Waals surface area contributed by atoms with Crippen LogP contribution in [0.1, 0.15) is 37.3 Å². The molecule has 0 bridgehead atoms. The lowest BCUT2D eigenvalue weighted by Gasteiger charge is -2.15. The number of hydrogen-bond acceptors (Lipinski definition) is 6. The van der Waals surface area contributed by atoms with Crippen molar-refractivity contribution < 1.29 is 0 Å². The molecular formula is C16H22N8. The Kier molecular flexibility index (Phi) is 4.45. The Bertz CT molecular complexity index is 742. The van der Waals surface area contributed by atoms with Gasteiger partial charge in [0.25, 0.3) is 0 Å². The zero-order chi connectivity index (χ0) is 17.1. The maximum Gasteiger partial charge on any atom is 0.131 e. The van der Waals surface area contributed by atoms with Gasteiger partial charge in [0.15, 0.2) is 0 Å². The third-order valence-corrected chi connectivity index (χ3v) is 3.75. The number of hydrogen-bond donors (Lipinski definition) is 2. The summed E-state index contributed by atoms with van der Waals surface area (Å²) < 4.78 is 3.57. The Morgan fingerprint density at radius 1 is 0.833 bits per heavy atom. The van der Waals surface area contributed by atoms with Crippen LogP contribution in [-0.2, 0) is 14.1 Å². The summed E-state index contributed by atoms with van der Waals surface area (Å²) in [5, 5.41) is 15.5. The molecule has 0 aliphatic rings. The van der Waals surface area contributed by atoms with E-state index < -0.39 is 0 Å². The highest BCUT2D eigenvalue weighted by atomic mass is 15.3. The van der Waals surface area contributed by atoms with Crippen LogP contribution in [0.3, 0.4) is 0 Å². The van der Waals surface area contributed by atoms with E-state index in [-0.39, 0.29) is 12.1 Å². The molecule has 2 unspecified atom stereocenters. The Hall–Kier alpha value is -2.90. The molecule has 0 radical (unpaired) electrons. The first-order valence-corrected chi connectivity index (χ1v) is 7.85. The number of anilines is 2. The second kappa shape index (κ2) is 6.69. The highest BCUT2D eigenvalue weighted by molar-refractivity contribution is 5.48. The molecule has 3 aromatic heterocycles. The minimum Gasteiger partial charge on any atom is -0.362 e. The van der Waals surface area contributed by atoms with Crippen molar-refractivity contribution in [3.8, 4) is 0 Å². The molecule has 3 aromatic rings. The second-order valence-corrected chi connectivity index (χ2v) is 5.85. The third-order valence-electron chi connectivity index (χ3n) is 3.75. The van der Waals surface area contributed by atoms with Crippen LogP contribution in [0.4, 0.5) is 11.6 Å². The van der Waals surface area contributed by atoms with Crippen molar-refractivity contribution in [2.24, 2.45) is 14.1 Å². The van der Waals surface area contributed by atoms with Crippen LogP contribution < -0.4 is 10.6 Å². The van der Waals surface area contributed by atoms with Gasteiger partial charge >= 0.3 is 0 Å². The molecule has 126 valence electrons. The van der Waals surface area contributed by atoms with Gasteiger partial charge in [-0.05, 0) is 26.0 Å². The minimum absolute atomic E-state index is 0.0576. The van der Waals surface area contributed by atoms with Crippen molar-refractivity contribution in [1.82, 2.24) is 29.5 Å². The molecule has 8 heteroatoms. The van der Waals surface area contributed by atoms with E-state index in [1.165, 1.54) is 0 Å². The zero-order valence-electron chi connectivity index (χ0n) is 14.3. The summed E-state index contributed by atoms with van der Waals surface area (Å²) in [6, 6.07) is 5.98. The van der Waals surface area contributed by atoms with Crippen LogP contribution in [0.15, 0.2) is 36.9 Å². The van der Waals surface area contributed by atoms with Crippen molar-refractivity contribution in [3.05, 3.63) is 48.3 Å². The molecule has 3 heterocycles. The summed E-state index contributed by atoms with van der Waals surface area (Å²) in [5.74, 6) is 1.50. The van der Waals surface area contributed by atoms with Crippen LogP contribution in [0, 0.1) is 0 Å². The van der Waals surface area contributed by atoms with E-state index in [4.69, 9.17) is 0 Å². The number of rotatable bonds is 6. The first-order chi connectivity index (χ1) is 11.5. The van der Waals surface area contributed by atoms with Crippen LogP contribution in [0.25, 0.3) is 0 Å². The molecule has 0 fully saturated rings. The normalized spacial score (nSPS) is 13.5. The Morgan fingerprint density at radius 3 is 1.67 bits per heavy atom. The summed E-state index contributed by atoms with van der Waals surface area (Å²) in [4.78, 5) is 8.56. The van der Waals surface area contributed by atoms with Crippen LogP contribution in [0.2, 0.25) is 0 Å². The first kappa shape index (κ1) is 16.0. The van der Waals surface area contributed by atoms with Crippen molar-refractivity contribution in [1.29, 1.82) is 0 Å². The minimum atomic E-state index is 0.0576. The van der Waals surface area contributed by atoms with Gasteiger partial charge in [0.2, 0.25) is 0 Å². The van der Waals surface area contributed by atoms with E-state index in [2.05, 4.69) is 30.8 Å². The van der Waals surface area contributed by atoms with Crippen molar-refractivity contribution in [3.63, 3.8) is 0 Å². The molecule has 0 spiro atoms. The van der Waals surface area contributed by atoms with Crippen molar-refractivity contribution in [2.45, 2.75) is 25.9 Å². The Morgan fingerprint density at radius 2 is 1.29 bits per heavy atom. The molecule has 24 heavy (non-hydrogen) atoms. The van der Waals surface area contributed by atoms with Gasteiger partial charge in [-0.3, -0.25) is 9.36 Å². The van der Waals surface area contributed by atoms with E-state index >= 15 is 0 Å². The average molecular weight is 326 g/mol. The molecule has 0 aliphatic heterocycles. The molecule has 2 N–H and O–H groups in total. The monoisotopic (exact) mass is 326 g/mol. The van der Waals surface area contributed by atoms with Crippen LogP contribution in [-0.4, -0.2) is 29.5 Å². The first-order valence-electron chi connectivity index (χ1n) is 7.85. The fourth-order valence-electron chi connectivity index (χ4n) is 2.43. The molecule has 0 aliphatic carbocycles. The maximum atomic E-state index is 4.40. The quantitative estimate of drug-likeness (QED) is 0.723. The van der Waals surface area contributed by atoms with Crippen molar-refractivity contribution >= 4 is 11.6 Å². The summed E-state index contributed by atoms with van der Waals surface area (Å²) >= 11 is 0. The second-order valence-electron chi connectivity index (χ2n) is 5.85. The number of aromatic nitrogens is 6. The Labute approximate surface area is 140 Å². The molecular weight excluding hydrogens is 304 g/mol. The average Bonchev–Trinajstić information content (AvgIpc) is 3.16. The fourth-order valence-corrected chi connectivity index (χ4v) is 2.43. The van der Waals surface area contributed by atoms with Crippen molar-refractivity contribution in [2.75, 3.05) is 10.6 Å². The molecule has 0 aromatic carbocycles. The van der Waals surface area contributed by atoms with Gasteiger partial charge in [0, 0.05) is 32.6 Å². The zero-order valence-corrected chi connectivity index (χ0v) is 14.3. The number of nitrogens with one attached hydrogen (secondary N) is 2. The molecule has 3 rings (SSSR count). The van der Waals surface area contributed by atoms with Gasteiger partial charge in [-0.25, -0.2) is 9.97 Å². The maximum absolute atomic E-state index is 4.40. The van der Waals surface area contributed by atoms with Gasteiger partial charge in [-0.1, -0.05) is 0 Å². The van der Waals surface area contributed by atoms with Crippen LogP contribution in [0.5, 0.6) is 0 Å². The van der Waals surface area contributed by atoms with Gasteiger partial charge in [-0.2, -0.15) is 10.2 Å². The number of aryl methyl sites for hydroxylation is 2. The lowest BCUT2D eigenvalue weighted by Crippen LogP contribution is -2.12. The SMILES string of the molecule is CC(Nc1cc(NC(C)c2ccn(C)n2)ncn1)c1ccn(C)n1.